The van der Waals surface area contributed by atoms with Crippen LogP contribution in [0.4, 0.5) is 0 Å². The van der Waals surface area contributed by atoms with Crippen molar-refractivity contribution < 1.29 is 0 Å². The lowest BCUT2D eigenvalue weighted by atomic mass is 9.90. The minimum Gasteiger partial charge on any atom is -0.0729 e. The van der Waals surface area contributed by atoms with E-state index in [0.717, 1.165) is 11.8 Å². The Kier molecular flexibility index (Phi) is 2.23. The van der Waals surface area contributed by atoms with Crippen LogP contribution in [-0.2, 0) is 0 Å². The molecule has 0 aromatic heterocycles. The largest absolute Gasteiger partial charge is 0.0729 e. The Morgan fingerprint density at radius 3 is 2.37 bits per heavy atom. The summed E-state index contributed by atoms with van der Waals surface area (Å²) in [6, 6.07) is 15.9. The first-order valence-electron chi connectivity index (χ1n) is 7.38. The molecule has 0 amide bonds. The quantitative estimate of drug-likeness (QED) is 0.542. The van der Waals surface area contributed by atoms with E-state index in [2.05, 4.69) is 48.5 Å². The predicted molar refractivity (Wildman–Crippen MR) is 83.3 cm³/mol. The van der Waals surface area contributed by atoms with Gasteiger partial charge in [0.05, 0.1) is 0 Å². The average molecular weight is 246 g/mol. The second-order valence-electron chi connectivity index (χ2n) is 5.44. The molecule has 5 rings (SSSR count). The van der Waals surface area contributed by atoms with Gasteiger partial charge in [0.15, 0.2) is 0 Å². The maximum Gasteiger partial charge on any atom is -0.00301 e. The van der Waals surface area contributed by atoms with Gasteiger partial charge in [-0.25, -0.2) is 0 Å². The normalized spacial score (nSPS) is 22.4. The standard InChI is InChI=1S/C17H12.C2H6/c1-2-10-4-5-12-8-13-9-15(13)14-7-6-11(3-1)16(10)17(12)14;1-2/h1-8,13,15H,9H2;1-2H3. The van der Waals surface area contributed by atoms with Gasteiger partial charge in [0.25, 0.3) is 0 Å². The van der Waals surface area contributed by atoms with E-state index in [0.29, 0.717) is 0 Å². The highest BCUT2D eigenvalue weighted by molar-refractivity contribution is 6.12. The molecular weight excluding hydrogens is 228 g/mol. The number of fused-ring (bicyclic) bond motifs is 2. The third-order valence-corrected chi connectivity index (χ3v) is 4.47. The maximum absolute atomic E-state index is 2.48. The minimum atomic E-state index is 0.817. The highest BCUT2D eigenvalue weighted by atomic mass is 14.4. The van der Waals surface area contributed by atoms with Crippen LogP contribution in [0.25, 0.3) is 27.6 Å². The molecule has 2 aliphatic rings. The van der Waals surface area contributed by atoms with Crippen molar-refractivity contribution in [3.05, 3.63) is 53.2 Å². The number of benzene rings is 3. The predicted octanol–water partition coefficient (Wildman–Crippen LogP) is 4.64. The van der Waals surface area contributed by atoms with Crippen molar-refractivity contribution >= 4 is 27.6 Å². The zero-order valence-corrected chi connectivity index (χ0v) is 11.5. The van der Waals surface area contributed by atoms with Crippen molar-refractivity contribution in [3.8, 4) is 0 Å². The Hall–Kier alpha value is -1.82. The molecular formula is C19H18. The minimum absolute atomic E-state index is 0.817. The molecule has 2 aliphatic carbocycles. The summed E-state index contributed by atoms with van der Waals surface area (Å²) in [5, 5.41) is 7.23. The molecule has 2 atom stereocenters. The van der Waals surface area contributed by atoms with E-state index in [1.54, 1.807) is 5.56 Å². The summed E-state index contributed by atoms with van der Waals surface area (Å²) < 4.78 is 0. The smallest absolute Gasteiger partial charge is 0.00301 e. The molecule has 0 aliphatic heterocycles. The van der Waals surface area contributed by atoms with E-state index in [1.807, 2.05) is 13.8 Å². The van der Waals surface area contributed by atoms with Crippen LogP contribution >= 0.6 is 0 Å². The van der Waals surface area contributed by atoms with Crippen LogP contribution in [0.2, 0.25) is 0 Å². The lowest BCUT2D eigenvalue weighted by Crippen LogP contribution is -2.09. The molecule has 0 heterocycles. The van der Waals surface area contributed by atoms with Crippen LogP contribution in [0.5, 0.6) is 0 Å². The van der Waals surface area contributed by atoms with Crippen molar-refractivity contribution in [3.63, 3.8) is 0 Å². The average Bonchev–Trinajstić information content (AvgIpc) is 3.25. The van der Waals surface area contributed by atoms with E-state index in [-0.39, 0.29) is 0 Å². The number of hydrogen-bond acceptors (Lipinski definition) is 0. The summed E-state index contributed by atoms with van der Waals surface area (Å²) in [6.45, 7) is 4.00. The van der Waals surface area contributed by atoms with Crippen LogP contribution in [-0.4, -0.2) is 0 Å². The molecule has 1 fully saturated rings. The van der Waals surface area contributed by atoms with Gasteiger partial charge >= 0.3 is 0 Å². The molecule has 94 valence electrons. The Morgan fingerprint density at radius 2 is 1.58 bits per heavy atom. The Morgan fingerprint density at radius 1 is 0.842 bits per heavy atom. The summed E-state index contributed by atoms with van der Waals surface area (Å²) in [7, 11) is 0. The molecule has 3 aromatic rings. The summed E-state index contributed by atoms with van der Waals surface area (Å²) in [5.74, 6) is 1.64. The summed E-state index contributed by atoms with van der Waals surface area (Å²) in [5.41, 5.74) is 1.59. The second-order valence-corrected chi connectivity index (χ2v) is 5.44. The Labute approximate surface area is 113 Å². The maximum atomic E-state index is 2.48. The lowest BCUT2D eigenvalue weighted by Gasteiger charge is -2.14. The molecule has 0 saturated heterocycles. The topological polar surface area (TPSA) is 0 Å². The zero-order valence-electron chi connectivity index (χ0n) is 11.5. The van der Waals surface area contributed by atoms with E-state index in [1.165, 1.54) is 33.2 Å². The summed E-state index contributed by atoms with van der Waals surface area (Å²) in [6.07, 6.45) is 3.84. The lowest BCUT2D eigenvalue weighted by molar-refractivity contribution is 1.05. The molecule has 0 heteroatoms. The number of rotatable bonds is 0. The monoisotopic (exact) mass is 246 g/mol. The molecule has 2 unspecified atom stereocenters. The molecule has 0 nitrogen and oxygen atoms in total. The molecule has 0 spiro atoms. The fourth-order valence-corrected chi connectivity index (χ4v) is 3.57. The SMILES string of the molecule is C1=c2ccc3cccc4ccc(c2c43)C2CC12.CC. The van der Waals surface area contributed by atoms with Gasteiger partial charge in [-0.15, -0.1) is 0 Å². The van der Waals surface area contributed by atoms with E-state index >= 15 is 0 Å². The fourth-order valence-electron chi connectivity index (χ4n) is 3.57. The van der Waals surface area contributed by atoms with Gasteiger partial charge in [0.1, 0.15) is 0 Å². The molecule has 0 radical (unpaired) electrons. The molecule has 1 saturated carbocycles. The number of hydrogen-bond donors (Lipinski definition) is 0. The highest BCUT2D eigenvalue weighted by Gasteiger charge is 2.39. The van der Waals surface area contributed by atoms with Gasteiger partial charge in [-0.2, -0.15) is 0 Å². The fraction of sp³-hybridized carbons (Fsp3) is 0.263. The van der Waals surface area contributed by atoms with Crippen molar-refractivity contribution in [2.24, 2.45) is 5.92 Å². The van der Waals surface area contributed by atoms with Crippen LogP contribution in [0.1, 0.15) is 31.7 Å². The van der Waals surface area contributed by atoms with Gasteiger partial charge < -0.3 is 0 Å². The third-order valence-electron chi connectivity index (χ3n) is 4.47. The van der Waals surface area contributed by atoms with Gasteiger partial charge in [-0.1, -0.05) is 62.4 Å². The van der Waals surface area contributed by atoms with E-state index in [4.69, 9.17) is 0 Å². The molecule has 0 bridgehead atoms. The van der Waals surface area contributed by atoms with E-state index < -0.39 is 0 Å². The highest BCUT2D eigenvalue weighted by Crippen LogP contribution is 2.52. The van der Waals surface area contributed by atoms with Crippen LogP contribution in [0.3, 0.4) is 0 Å². The molecule has 3 aromatic carbocycles. The van der Waals surface area contributed by atoms with Crippen molar-refractivity contribution in [1.29, 1.82) is 0 Å². The van der Waals surface area contributed by atoms with Gasteiger partial charge in [0, 0.05) is 0 Å². The Balaban J connectivity index is 0.000000465. The van der Waals surface area contributed by atoms with Crippen LogP contribution < -0.4 is 5.22 Å². The van der Waals surface area contributed by atoms with Gasteiger partial charge in [0.2, 0.25) is 0 Å². The first-order chi connectivity index (χ1) is 9.42. The summed E-state index contributed by atoms with van der Waals surface area (Å²) in [4.78, 5) is 0. The second kappa shape index (κ2) is 3.84. The van der Waals surface area contributed by atoms with Crippen molar-refractivity contribution in [2.75, 3.05) is 0 Å². The van der Waals surface area contributed by atoms with Gasteiger partial charge in [-0.3, -0.25) is 0 Å². The van der Waals surface area contributed by atoms with Crippen LogP contribution in [0.15, 0.2) is 42.5 Å². The summed E-state index contributed by atoms with van der Waals surface area (Å²) >= 11 is 0. The van der Waals surface area contributed by atoms with Gasteiger partial charge in [-0.05, 0) is 50.6 Å². The first-order valence-corrected chi connectivity index (χ1v) is 7.38. The van der Waals surface area contributed by atoms with Crippen LogP contribution in [0, 0.1) is 5.92 Å². The zero-order chi connectivity index (χ0) is 13.0. The van der Waals surface area contributed by atoms with Crippen molar-refractivity contribution in [1.82, 2.24) is 0 Å². The van der Waals surface area contributed by atoms with Crippen molar-refractivity contribution in [2.45, 2.75) is 26.2 Å². The first kappa shape index (κ1) is 11.0. The Bertz CT molecular complexity index is 810. The molecule has 19 heavy (non-hydrogen) atoms. The molecule has 0 N–H and O–H groups in total. The van der Waals surface area contributed by atoms with E-state index in [9.17, 15) is 0 Å². The third kappa shape index (κ3) is 1.40.